The van der Waals surface area contributed by atoms with Crippen molar-refractivity contribution in [3.05, 3.63) is 162 Å². The van der Waals surface area contributed by atoms with Gasteiger partial charge in [0.15, 0.2) is 17.5 Å². The summed E-state index contributed by atoms with van der Waals surface area (Å²) in [6.45, 7) is 21.2. The number of nitrogens with one attached hydrogen (secondary N) is 6. The molecule has 7 amide bonds. The summed E-state index contributed by atoms with van der Waals surface area (Å²) in [5, 5.41) is 37.6. The zero-order valence-electron chi connectivity index (χ0n) is 65.5. The number of hydrogen-bond acceptors (Lipinski definition) is 19. The topological polar surface area (TPSA) is 353 Å². The van der Waals surface area contributed by atoms with Crippen molar-refractivity contribution in [1.29, 1.82) is 0 Å². The molecule has 612 valence electrons. The lowest BCUT2D eigenvalue weighted by Crippen LogP contribution is -2.60. The van der Waals surface area contributed by atoms with E-state index in [4.69, 9.17) is 9.84 Å². The summed E-state index contributed by atoms with van der Waals surface area (Å²) in [6, 6.07) is 30.6. The van der Waals surface area contributed by atoms with Crippen LogP contribution in [0.15, 0.2) is 128 Å². The number of carbonyl (C=O) groups is 8. The van der Waals surface area contributed by atoms with E-state index in [1.807, 2.05) is 114 Å². The van der Waals surface area contributed by atoms with Crippen molar-refractivity contribution in [3.63, 3.8) is 0 Å². The van der Waals surface area contributed by atoms with Crippen molar-refractivity contribution < 1.29 is 57.0 Å². The number of rotatable bonds is 14. The zero-order chi connectivity index (χ0) is 79.9. The lowest BCUT2D eigenvalue weighted by molar-refractivity contribution is -0.140. The minimum atomic E-state index is -1.13. The van der Waals surface area contributed by atoms with Crippen LogP contribution in [0, 0.1) is 37.3 Å². The molecular weight excluding hydrogens is 1510 g/mol. The second kappa shape index (κ2) is 37.2. The molecule has 6 aliphatic rings. The summed E-state index contributed by atoms with van der Waals surface area (Å²) in [5.74, 6) is -1.98. The maximum absolute atomic E-state index is 14.3. The molecule has 114 heavy (non-hydrogen) atoms. The summed E-state index contributed by atoms with van der Waals surface area (Å²) in [4.78, 5) is 129. The van der Waals surface area contributed by atoms with E-state index >= 15 is 0 Å². The average Bonchev–Trinajstić information content (AvgIpc) is 1.64. The van der Waals surface area contributed by atoms with Crippen LogP contribution in [-0.2, 0) is 28.7 Å². The number of likely N-dealkylation sites (tertiary alicyclic amines) is 2. The van der Waals surface area contributed by atoms with E-state index in [-0.39, 0.29) is 84.9 Å². The van der Waals surface area contributed by atoms with Gasteiger partial charge in [0.2, 0.25) is 23.6 Å². The molecule has 8 aromatic rings. The number of carbonyl (C=O) groups excluding carboxylic acids is 7. The summed E-state index contributed by atoms with van der Waals surface area (Å²) in [6.07, 6.45) is 7.86. The first-order valence-electron chi connectivity index (χ1n) is 37.1. The number of anilines is 3. The highest BCUT2D eigenvalue weighted by Crippen LogP contribution is 2.43. The van der Waals surface area contributed by atoms with Gasteiger partial charge < -0.3 is 65.0 Å². The highest BCUT2D eigenvalue weighted by molar-refractivity contribution is 6.00. The highest BCUT2D eigenvalue weighted by Gasteiger charge is 2.56. The smallest absolute Gasteiger partial charge is 0.410 e. The standard InChI is InChI=1S/C29H34FN7O3.C21H28N6O3.C16H20N6O.C13H16FNO3.CH4.2ClH/c1-18(2)24(33-26(38)22-15-19(3)5-10-23(22)30)27(39)36-13-11-29(12-14-36)28(40)35(4)17-37(29)21-8-6-20(7-9-21)25-31-16-32-34-25;1-20(2,3)30-19(29)26-11-9-21(10-12-26)18(28)25(4)14-27(21)16-7-5-15(6-8-16)17-22-13-23-24-17;1-21-11-22(16(15(21)23)6-8-17-9-7-16)13-4-2-12(3-5-13)14-18-10-19-20-14;1-7(2)11(13(17)18)15-12(16)9-6-8(3)4-5-10(9)14;;;/h5-10,15-16,18,24H,11-14,17H2,1-4H3,(H,33,38)(H,31,32,34);5-8,13H,9-12,14H2,1-4H3,(H,22,23,24);2-5,10,17H,6-9,11H2,1H3,(H,18,19,20);4-7,11H,1-3H3,(H,15,16)(H,17,18);1H4;2*1H/t24-;;;11-;;;/m1..1.../s1. The van der Waals surface area contributed by atoms with Gasteiger partial charge in [-0.3, -0.25) is 44.1 Å². The third-order valence-electron chi connectivity index (χ3n) is 21.2. The molecule has 3 aromatic heterocycles. The van der Waals surface area contributed by atoms with Gasteiger partial charge in [0.05, 0.1) is 31.1 Å². The number of halogens is 4. The Kier molecular flexibility index (Phi) is 28.9. The van der Waals surface area contributed by atoms with Crippen molar-refractivity contribution in [2.24, 2.45) is 11.8 Å². The fourth-order valence-electron chi connectivity index (χ4n) is 15.1. The molecule has 0 aliphatic carbocycles. The van der Waals surface area contributed by atoms with Crippen LogP contribution in [0.5, 0.6) is 0 Å². The second-order valence-corrected chi connectivity index (χ2v) is 30.7. The van der Waals surface area contributed by atoms with Crippen LogP contribution in [0.25, 0.3) is 34.2 Å². The first-order valence-corrected chi connectivity index (χ1v) is 37.1. The minimum Gasteiger partial charge on any atom is -0.480 e. The number of ether oxygens (including phenoxy) is 1. The third kappa shape index (κ3) is 19.2. The number of likely N-dealkylation sites (N-methyl/N-ethyl adjacent to an activating group) is 3. The van der Waals surface area contributed by atoms with E-state index < -0.39 is 63.7 Å². The van der Waals surface area contributed by atoms with Crippen LogP contribution in [-0.4, -0.2) is 237 Å². The number of aromatic amines is 3. The number of H-pyrrole nitrogens is 3. The number of hydrogen-bond donors (Lipinski definition) is 7. The average molecular weight is 1610 g/mol. The lowest BCUT2D eigenvalue weighted by Gasteiger charge is -2.44. The molecule has 6 fully saturated rings. The van der Waals surface area contributed by atoms with Crippen molar-refractivity contribution in [1.82, 2.24) is 86.0 Å². The largest absolute Gasteiger partial charge is 0.480 e. The molecule has 0 unspecified atom stereocenters. The van der Waals surface area contributed by atoms with Gasteiger partial charge in [0.25, 0.3) is 11.8 Å². The molecule has 0 radical (unpaired) electrons. The molecule has 6 saturated heterocycles. The number of carboxylic acid groups (broad SMARTS) is 1. The van der Waals surface area contributed by atoms with Crippen molar-refractivity contribution in [2.45, 2.75) is 143 Å². The third-order valence-corrected chi connectivity index (χ3v) is 21.2. The number of aliphatic carboxylic acids is 1. The van der Waals surface area contributed by atoms with Crippen molar-refractivity contribution in [3.8, 4) is 34.2 Å². The maximum atomic E-state index is 14.3. The Morgan fingerprint density at radius 1 is 0.500 bits per heavy atom. The predicted octanol–water partition coefficient (Wildman–Crippen LogP) is 9.73. The quantitative estimate of drug-likeness (QED) is 0.0532. The summed E-state index contributed by atoms with van der Waals surface area (Å²) in [7, 11) is 5.50. The number of carboxylic acids is 1. The molecule has 30 nitrogen and oxygen atoms in total. The van der Waals surface area contributed by atoms with Crippen LogP contribution in [0.4, 0.5) is 30.6 Å². The van der Waals surface area contributed by atoms with Gasteiger partial charge in [-0.15, -0.1) is 24.8 Å². The molecule has 34 heteroatoms. The normalized spacial score (nSPS) is 17.2. The molecule has 2 atom stereocenters. The van der Waals surface area contributed by atoms with Gasteiger partial charge in [0.1, 0.15) is 64.9 Å². The molecule has 0 saturated carbocycles. The summed E-state index contributed by atoms with van der Waals surface area (Å²) in [5.41, 5.74) is 4.71. The van der Waals surface area contributed by atoms with E-state index in [1.54, 1.807) is 66.5 Å². The number of piperidine rings is 3. The van der Waals surface area contributed by atoms with Gasteiger partial charge in [-0.1, -0.05) is 58.4 Å². The number of benzene rings is 5. The lowest BCUT2D eigenvalue weighted by atomic mass is 9.85. The SMILES string of the molecule is C.CN1CN(c2ccc(-c3ncn[nH]3)cc2)C2(CCN(C(=O)OC(C)(C)C)CC2)C1=O.CN1CN(c2ccc(-c3ncn[nH]3)cc2)C2(CCNCC2)C1=O.Cc1ccc(F)c(C(=O)N[C@@H](C(=O)N2CCC3(CC2)C(=O)N(C)CN3c2ccc(-c3ncn[nH]3)cc2)C(C)C)c1.Cc1ccc(F)c(C(=O)N[C@@H](C(=O)O)C(C)C)c1.Cl.Cl. The number of nitrogens with zero attached hydrogens (tertiary/aromatic N) is 14. The molecule has 5 aromatic carbocycles. The van der Waals surface area contributed by atoms with Crippen LogP contribution in [0.2, 0.25) is 0 Å². The zero-order valence-corrected chi connectivity index (χ0v) is 67.1. The first kappa shape index (κ1) is 88.4. The Morgan fingerprint density at radius 3 is 1.13 bits per heavy atom. The molecule has 6 aliphatic heterocycles. The monoisotopic (exact) mass is 1610 g/mol. The van der Waals surface area contributed by atoms with E-state index in [1.165, 1.54) is 43.2 Å². The summed E-state index contributed by atoms with van der Waals surface area (Å²) < 4.78 is 33.3. The van der Waals surface area contributed by atoms with E-state index in [0.29, 0.717) is 83.5 Å². The Balaban J connectivity index is 0.000000196. The van der Waals surface area contributed by atoms with E-state index in [0.717, 1.165) is 76.6 Å². The maximum Gasteiger partial charge on any atom is 0.410 e. The van der Waals surface area contributed by atoms with Crippen molar-refractivity contribution in [2.75, 3.05) is 95.1 Å². The first-order chi connectivity index (χ1) is 52.8. The fourth-order valence-corrected chi connectivity index (χ4v) is 15.1. The number of amides is 7. The van der Waals surface area contributed by atoms with Crippen LogP contribution in [0.3, 0.4) is 0 Å². The van der Waals surface area contributed by atoms with Crippen LogP contribution in [0.1, 0.15) is 126 Å². The Morgan fingerprint density at radius 2 is 0.825 bits per heavy atom. The molecule has 0 bridgehead atoms. The van der Waals surface area contributed by atoms with Gasteiger partial charge in [0, 0.05) is 81.1 Å². The number of aryl methyl sites for hydroxylation is 2. The molecule has 7 N–H and O–H groups in total. The predicted molar refractivity (Wildman–Crippen MR) is 432 cm³/mol. The van der Waals surface area contributed by atoms with Gasteiger partial charge >= 0.3 is 12.1 Å². The van der Waals surface area contributed by atoms with Gasteiger partial charge in [-0.25, -0.2) is 33.3 Å². The fraction of sp³-hybridized carbons (Fsp3) is 0.450. The second-order valence-electron chi connectivity index (χ2n) is 30.7. The van der Waals surface area contributed by atoms with E-state index in [2.05, 4.69) is 88.3 Å². The highest BCUT2D eigenvalue weighted by atomic mass is 35.5. The molecule has 9 heterocycles. The molecular formula is C80H104Cl2F2N20O10. The van der Waals surface area contributed by atoms with E-state index in [9.17, 15) is 47.1 Å². The Hall–Kier alpha value is -11.1. The van der Waals surface area contributed by atoms with Gasteiger partial charge in [-0.2, -0.15) is 15.3 Å². The van der Waals surface area contributed by atoms with Crippen molar-refractivity contribution >= 4 is 89.4 Å². The van der Waals surface area contributed by atoms with Crippen LogP contribution >= 0.6 is 24.8 Å². The van der Waals surface area contributed by atoms with Crippen LogP contribution < -0.4 is 30.7 Å². The number of aromatic nitrogens is 9. The Bertz CT molecular complexity index is 4610. The van der Waals surface area contributed by atoms with Gasteiger partial charge in [-0.05, 0) is 195 Å². The molecule has 3 spiro atoms. The minimum absolute atomic E-state index is 0. The molecule has 14 rings (SSSR count). The Labute approximate surface area is 674 Å². The summed E-state index contributed by atoms with van der Waals surface area (Å²) >= 11 is 0.